The summed E-state index contributed by atoms with van der Waals surface area (Å²) in [5, 5.41) is 3.52. The van der Waals surface area contributed by atoms with Crippen molar-refractivity contribution < 1.29 is 9.47 Å². The summed E-state index contributed by atoms with van der Waals surface area (Å²) in [6.45, 7) is 6.24. The van der Waals surface area contributed by atoms with Gasteiger partial charge in [0.15, 0.2) is 11.5 Å². The molecule has 2 aromatic rings. The fraction of sp³-hybridized carbons (Fsp3) is 0.368. The maximum absolute atomic E-state index is 5.49. The normalized spacial score (nSPS) is 15.6. The molecule has 0 saturated heterocycles. The Balaban J connectivity index is 2.04. The third kappa shape index (κ3) is 2.93. The Hall–Kier alpha value is -2.36. The number of rotatable bonds is 4. The fourth-order valence-corrected chi connectivity index (χ4v) is 3.03. The van der Waals surface area contributed by atoms with E-state index in [-0.39, 0.29) is 5.54 Å². The van der Waals surface area contributed by atoms with Crippen LogP contribution in [0.5, 0.6) is 11.5 Å². The first-order chi connectivity index (χ1) is 11.0. The molecule has 0 aromatic heterocycles. The number of anilines is 2. The summed E-state index contributed by atoms with van der Waals surface area (Å²) < 4.78 is 10.9. The quantitative estimate of drug-likeness (QED) is 0.928. The van der Waals surface area contributed by atoms with Gasteiger partial charge in [0.25, 0.3) is 0 Å². The predicted molar refractivity (Wildman–Crippen MR) is 94.7 cm³/mol. The van der Waals surface area contributed by atoms with Gasteiger partial charge in [0, 0.05) is 25.2 Å². The van der Waals surface area contributed by atoms with Crippen molar-refractivity contribution in [3.63, 3.8) is 0 Å². The Morgan fingerprint density at radius 1 is 1.04 bits per heavy atom. The standard InChI is InChI=1S/C19H24N2O2/c1-19(2)13-20-15-10-17(22-3)18(23-4)11-16(15)21(19)12-14-8-6-5-7-9-14/h5-11,20H,12-13H2,1-4H3. The van der Waals surface area contributed by atoms with Gasteiger partial charge in [-0.05, 0) is 19.4 Å². The molecule has 0 aliphatic carbocycles. The van der Waals surface area contributed by atoms with Crippen molar-refractivity contribution in [3.05, 3.63) is 48.0 Å². The van der Waals surface area contributed by atoms with Crippen molar-refractivity contribution in [2.24, 2.45) is 0 Å². The Morgan fingerprint density at radius 2 is 1.70 bits per heavy atom. The van der Waals surface area contributed by atoms with E-state index in [2.05, 4.69) is 54.4 Å². The van der Waals surface area contributed by atoms with Crippen molar-refractivity contribution in [2.45, 2.75) is 25.9 Å². The molecule has 1 aliphatic heterocycles. The molecule has 1 heterocycles. The molecule has 0 saturated carbocycles. The molecule has 4 heteroatoms. The first-order valence-corrected chi connectivity index (χ1v) is 7.86. The Labute approximate surface area is 138 Å². The van der Waals surface area contributed by atoms with Crippen LogP contribution in [-0.4, -0.2) is 26.3 Å². The average Bonchev–Trinajstić information content (AvgIpc) is 2.57. The van der Waals surface area contributed by atoms with E-state index < -0.39 is 0 Å². The number of nitrogens with one attached hydrogen (secondary N) is 1. The molecule has 0 atom stereocenters. The van der Waals surface area contributed by atoms with Gasteiger partial charge in [-0.1, -0.05) is 30.3 Å². The lowest BCUT2D eigenvalue weighted by molar-refractivity contribution is 0.354. The van der Waals surface area contributed by atoms with Gasteiger partial charge >= 0.3 is 0 Å². The van der Waals surface area contributed by atoms with E-state index in [0.717, 1.165) is 36.0 Å². The van der Waals surface area contributed by atoms with Crippen LogP contribution in [0, 0.1) is 0 Å². The second-order valence-corrected chi connectivity index (χ2v) is 6.46. The van der Waals surface area contributed by atoms with Gasteiger partial charge in [-0.15, -0.1) is 0 Å². The van der Waals surface area contributed by atoms with Gasteiger partial charge in [-0.25, -0.2) is 0 Å². The largest absolute Gasteiger partial charge is 0.493 e. The Bertz CT molecular complexity index is 683. The number of methoxy groups -OCH3 is 2. The Morgan fingerprint density at radius 3 is 2.35 bits per heavy atom. The first kappa shape index (κ1) is 15.5. The number of hydrogen-bond acceptors (Lipinski definition) is 4. The molecule has 0 bridgehead atoms. The van der Waals surface area contributed by atoms with Gasteiger partial charge in [0.2, 0.25) is 0 Å². The van der Waals surface area contributed by atoms with Crippen LogP contribution in [0.2, 0.25) is 0 Å². The van der Waals surface area contributed by atoms with Crippen molar-refractivity contribution in [1.29, 1.82) is 0 Å². The van der Waals surface area contributed by atoms with E-state index in [9.17, 15) is 0 Å². The number of hydrogen-bond donors (Lipinski definition) is 1. The minimum absolute atomic E-state index is 0.00242. The summed E-state index contributed by atoms with van der Waals surface area (Å²) in [6, 6.07) is 14.6. The van der Waals surface area contributed by atoms with E-state index in [1.807, 2.05) is 12.1 Å². The number of ether oxygens (including phenoxy) is 2. The second kappa shape index (κ2) is 6.03. The van der Waals surface area contributed by atoms with Crippen LogP contribution in [-0.2, 0) is 6.54 Å². The predicted octanol–water partition coefficient (Wildman–Crippen LogP) is 3.91. The molecule has 3 rings (SSSR count). The minimum atomic E-state index is 0.00242. The summed E-state index contributed by atoms with van der Waals surface area (Å²) in [7, 11) is 3.34. The minimum Gasteiger partial charge on any atom is -0.493 e. The number of fused-ring (bicyclic) bond motifs is 1. The first-order valence-electron chi connectivity index (χ1n) is 7.86. The molecule has 0 amide bonds. The van der Waals surface area contributed by atoms with Crippen LogP contribution < -0.4 is 19.7 Å². The monoisotopic (exact) mass is 312 g/mol. The van der Waals surface area contributed by atoms with Crippen molar-refractivity contribution in [1.82, 2.24) is 0 Å². The maximum Gasteiger partial charge on any atom is 0.162 e. The smallest absolute Gasteiger partial charge is 0.162 e. The Kier molecular flexibility index (Phi) is 4.07. The van der Waals surface area contributed by atoms with Crippen LogP contribution in [0.1, 0.15) is 19.4 Å². The van der Waals surface area contributed by atoms with Gasteiger partial charge in [0.05, 0.1) is 31.1 Å². The zero-order chi connectivity index (χ0) is 16.4. The molecular weight excluding hydrogens is 288 g/mol. The summed E-state index contributed by atoms with van der Waals surface area (Å²) in [4.78, 5) is 2.43. The SMILES string of the molecule is COc1cc2c(cc1OC)N(Cc1ccccc1)C(C)(C)CN2. The number of nitrogens with zero attached hydrogens (tertiary/aromatic N) is 1. The lowest BCUT2D eigenvalue weighted by Gasteiger charge is -2.45. The highest BCUT2D eigenvalue weighted by atomic mass is 16.5. The van der Waals surface area contributed by atoms with Gasteiger partial charge in [-0.3, -0.25) is 0 Å². The highest BCUT2D eigenvalue weighted by Crippen LogP contribution is 2.43. The van der Waals surface area contributed by atoms with Crippen LogP contribution in [0.15, 0.2) is 42.5 Å². The highest BCUT2D eigenvalue weighted by Gasteiger charge is 2.33. The summed E-state index contributed by atoms with van der Waals surface area (Å²) in [6.07, 6.45) is 0. The molecule has 0 unspecified atom stereocenters. The van der Waals surface area contributed by atoms with Crippen molar-refractivity contribution in [3.8, 4) is 11.5 Å². The highest BCUT2D eigenvalue weighted by molar-refractivity contribution is 5.78. The van der Waals surface area contributed by atoms with Gasteiger partial charge in [-0.2, -0.15) is 0 Å². The molecule has 1 N–H and O–H groups in total. The molecule has 122 valence electrons. The van der Waals surface area contributed by atoms with Crippen LogP contribution in [0.25, 0.3) is 0 Å². The van der Waals surface area contributed by atoms with Crippen LogP contribution in [0.4, 0.5) is 11.4 Å². The topological polar surface area (TPSA) is 33.7 Å². The molecule has 4 nitrogen and oxygen atoms in total. The molecular formula is C19H24N2O2. The summed E-state index contributed by atoms with van der Waals surface area (Å²) in [5.74, 6) is 1.50. The molecule has 1 aliphatic rings. The lowest BCUT2D eigenvalue weighted by Crippen LogP contribution is -2.51. The third-order valence-electron chi connectivity index (χ3n) is 4.42. The molecule has 0 fully saturated rings. The van der Waals surface area contributed by atoms with Gasteiger partial charge < -0.3 is 19.7 Å². The van der Waals surface area contributed by atoms with Crippen molar-refractivity contribution >= 4 is 11.4 Å². The van der Waals surface area contributed by atoms with Gasteiger partial charge in [0.1, 0.15) is 0 Å². The fourth-order valence-electron chi connectivity index (χ4n) is 3.03. The zero-order valence-corrected chi connectivity index (χ0v) is 14.2. The summed E-state index contributed by atoms with van der Waals surface area (Å²) >= 11 is 0. The van der Waals surface area contributed by atoms with E-state index in [1.165, 1.54) is 5.56 Å². The lowest BCUT2D eigenvalue weighted by atomic mass is 9.96. The average molecular weight is 312 g/mol. The molecule has 0 radical (unpaired) electrons. The summed E-state index contributed by atoms with van der Waals surface area (Å²) in [5.41, 5.74) is 3.52. The van der Waals surface area contributed by atoms with E-state index >= 15 is 0 Å². The zero-order valence-electron chi connectivity index (χ0n) is 14.2. The van der Waals surface area contributed by atoms with Crippen molar-refractivity contribution in [2.75, 3.05) is 31.0 Å². The van der Waals surface area contributed by atoms with Crippen LogP contribution in [0.3, 0.4) is 0 Å². The third-order valence-corrected chi connectivity index (χ3v) is 4.42. The molecule has 23 heavy (non-hydrogen) atoms. The molecule has 2 aromatic carbocycles. The maximum atomic E-state index is 5.49. The molecule has 0 spiro atoms. The van der Waals surface area contributed by atoms with E-state index in [4.69, 9.17) is 9.47 Å². The van der Waals surface area contributed by atoms with E-state index in [0.29, 0.717) is 0 Å². The second-order valence-electron chi connectivity index (χ2n) is 6.46. The van der Waals surface area contributed by atoms with Crippen LogP contribution >= 0.6 is 0 Å². The van der Waals surface area contributed by atoms with E-state index in [1.54, 1.807) is 14.2 Å². The number of benzene rings is 2.